The van der Waals surface area contributed by atoms with E-state index < -0.39 is 6.10 Å². The van der Waals surface area contributed by atoms with Crippen LogP contribution in [-0.2, 0) is 16.0 Å². The number of phenolic OH excluding ortho intramolecular Hbond substituents is 1. The SMILES string of the molecule is COc1cc(CCC(=O)[C@H]2CC[C@H](CC3([C@@H]4CN[C@@H]5CC(=O)CC[C@H]5C4)CCCC3)C[C@H]2O)ccc1O. The first kappa shape index (κ1) is 26.7. The van der Waals surface area contributed by atoms with Gasteiger partial charge in [0.05, 0.1) is 13.2 Å². The third-order valence-electron chi connectivity index (χ3n) is 10.4. The monoisotopic (exact) mass is 511 g/mol. The number of nitrogens with one attached hydrogen (secondary N) is 1. The van der Waals surface area contributed by atoms with Crippen molar-refractivity contribution in [1.29, 1.82) is 0 Å². The van der Waals surface area contributed by atoms with Crippen molar-refractivity contribution in [3.63, 3.8) is 0 Å². The predicted molar refractivity (Wildman–Crippen MR) is 143 cm³/mol. The zero-order valence-electron chi connectivity index (χ0n) is 22.4. The number of piperidine rings is 1. The van der Waals surface area contributed by atoms with Gasteiger partial charge in [0, 0.05) is 31.2 Å². The Labute approximate surface area is 221 Å². The molecular weight excluding hydrogens is 466 g/mol. The number of carbonyl (C=O) groups excluding carboxylic acids is 2. The highest BCUT2D eigenvalue weighted by molar-refractivity contribution is 5.82. The summed E-state index contributed by atoms with van der Waals surface area (Å²) >= 11 is 0. The number of ether oxygens (including phenoxy) is 1. The van der Waals surface area contributed by atoms with E-state index in [0.717, 1.165) is 50.6 Å². The fourth-order valence-corrected chi connectivity index (χ4v) is 8.35. The standard InChI is InChI=1S/C31H45NO5/c1-37-30-15-20(6-11-28(30)35)5-10-27(34)25-9-4-21(14-29(25)36)18-31(12-2-3-13-31)23-16-22-7-8-24(33)17-26(22)32-19-23/h6,11,15,21-23,25-26,29,32,35-36H,2-5,7-10,12-14,16-19H2,1H3/t21-,22-,23-,25+,26+,29+/m0/s1. The molecule has 1 aromatic carbocycles. The molecule has 1 aromatic rings. The van der Waals surface area contributed by atoms with Crippen molar-refractivity contribution in [2.75, 3.05) is 13.7 Å². The average Bonchev–Trinajstić information content (AvgIpc) is 3.37. The Kier molecular flexibility index (Phi) is 8.25. The molecule has 4 aliphatic rings. The Morgan fingerprint density at radius 2 is 1.97 bits per heavy atom. The predicted octanol–water partition coefficient (Wildman–Crippen LogP) is 4.98. The minimum atomic E-state index is -0.544. The second kappa shape index (κ2) is 11.4. The molecule has 0 spiro atoms. The van der Waals surface area contributed by atoms with Gasteiger partial charge in [-0.25, -0.2) is 0 Å². The van der Waals surface area contributed by atoms with E-state index in [1.165, 1.54) is 45.6 Å². The summed E-state index contributed by atoms with van der Waals surface area (Å²) in [6.45, 7) is 1.03. The normalized spacial score (nSPS) is 33.6. The van der Waals surface area contributed by atoms with Crippen LogP contribution in [0.1, 0.15) is 89.0 Å². The van der Waals surface area contributed by atoms with Gasteiger partial charge in [-0.1, -0.05) is 18.9 Å². The van der Waals surface area contributed by atoms with E-state index in [1.807, 2.05) is 6.07 Å². The van der Waals surface area contributed by atoms with Gasteiger partial charge in [0.2, 0.25) is 0 Å². The Balaban J connectivity index is 1.15. The van der Waals surface area contributed by atoms with E-state index in [1.54, 1.807) is 12.1 Å². The molecule has 6 heteroatoms. The molecule has 1 aliphatic heterocycles. The van der Waals surface area contributed by atoms with Crippen LogP contribution in [0.2, 0.25) is 0 Å². The number of ketones is 2. The van der Waals surface area contributed by atoms with Crippen LogP contribution in [-0.4, -0.2) is 47.6 Å². The number of methoxy groups -OCH3 is 1. The van der Waals surface area contributed by atoms with E-state index >= 15 is 0 Å². The maximum atomic E-state index is 13.0. The first-order chi connectivity index (χ1) is 17.9. The average molecular weight is 512 g/mol. The zero-order chi connectivity index (χ0) is 26.0. The number of aryl methyl sites for hydroxylation is 1. The molecule has 3 N–H and O–H groups in total. The topological polar surface area (TPSA) is 95.9 Å². The first-order valence-electron chi connectivity index (χ1n) is 14.7. The molecule has 0 radical (unpaired) electrons. The van der Waals surface area contributed by atoms with Crippen molar-refractivity contribution in [3.8, 4) is 11.5 Å². The Bertz CT molecular complexity index is 970. The molecular formula is C31H45NO5. The molecule has 37 heavy (non-hydrogen) atoms. The van der Waals surface area contributed by atoms with Crippen LogP contribution in [0.4, 0.5) is 0 Å². The molecule has 1 saturated heterocycles. The molecule has 3 aliphatic carbocycles. The van der Waals surface area contributed by atoms with Crippen molar-refractivity contribution >= 4 is 11.6 Å². The Morgan fingerprint density at radius 3 is 2.73 bits per heavy atom. The third-order valence-corrected chi connectivity index (χ3v) is 10.4. The molecule has 6 nitrogen and oxygen atoms in total. The van der Waals surface area contributed by atoms with E-state index in [-0.39, 0.29) is 17.5 Å². The summed E-state index contributed by atoms with van der Waals surface area (Å²) < 4.78 is 5.18. The number of benzene rings is 1. The first-order valence-corrected chi connectivity index (χ1v) is 14.7. The van der Waals surface area contributed by atoms with Crippen LogP contribution < -0.4 is 10.1 Å². The van der Waals surface area contributed by atoms with Crippen LogP contribution in [0.25, 0.3) is 0 Å². The smallest absolute Gasteiger partial charge is 0.160 e. The number of hydrogen-bond donors (Lipinski definition) is 3. The third kappa shape index (κ3) is 5.90. The highest BCUT2D eigenvalue weighted by Gasteiger charge is 2.47. The largest absolute Gasteiger partial charge is 0.504 e. The number of aromatic hydroxyl groups is 1. The number of phenols is 1. The van der Waals surface area contributed by atoms with E-state index in [9.17, 15) is 19.8 Å². The summed E-state index contributed by atoms with van der Waals surface area (Å²) in [5, 5.41) is 24.6. The summed E-state index contributed by atoms with van der Waals surface area (Å²) in [4.78, 5) is 25.0. The van der Waals surface area contributed by atoms with Crippen LogP contribution in [0, 0.1) is 29.1 Å². The molecule has 1 heterocycles. The van der Waals surface area contributed by atoms with Gasteiger partial charge in [0.25, 0.3) is 0 Å². The summed E-state index contributed by atoms with van der Waals surface area (Å²) in [6.07, 6.45) is 13.2. The lowest BCUT2D eigenvalue weighted by Gasteiger charge is -2.48. The van der Waals surface area contributed by atoms with Crippen molar-refractivity contribution in [2.45, 2.75) is 102 Å². The maximum Gasteiger partial charge on any atom is 0.160 e. The molecule has 0 unspecified atom stereocenters. The van der Waals surface area contributed by atoms with Gasteiger partial charge in [0.15, 0.2) is 11.5 Å². The number of fused-ring (bicyclic) bond motifs is 1. The molecule has 0 amide bonds. The molecule has 4 fully saturated rings. The lowest BCUT2D eigenvalue weighted by atomic mass is 9.60. The minimum Gasteiger partial charge on any atom is -0.504 e. The highest BCUT2D eigenvalue weighted by atomic mass is 16.5. The maximum absolute atomic E-state index is 13.0. The summed E-state index contributed by atoms with van der Waals surface area (Å²) in [6, 6.07) is 5.60. The highest BCUT2D eigenvalue weighted by Crippen LogP contribution is 2.54. The van der Waals surface area contributed by atoms with Crippen LogP contribution in [0.15, 0.2) is 18.2 Å². The number of aliphatic hydroxyl groups excluding tert-OH is 1. The van der Waals surface area contributed by atoms with Gasteiger partial charge in [-0.05, 0) is 105 Å². The number of hydrogen-bond acceptors (Lipinski definition) is 6. The van der Waals surface area contributed by atoms with Crippen molar-refractivity contribution in [3.05, 3.63) is 23.8 Å². The second-order valence-electron chi connectivity index (χ2n) is 12.6. The van der Waals surface area contributed by atoms with Gasteiger partial charge in [0.1, 0.15) is 11.6 Å². The molecule has 0 bridgehead atoms. The van der Waals surface area contributed by atoms with Crippen LogP contribution in [0.3, 0.4) is 0 Å². The lowest BCUT2D eigenvalue weighted by Crippen LogP contribution is -2.52. The molecule has 204 valence electrons. The fraction of sp³-hybridized carbons (Fsp3) is 0.742. The van der Waals surface area contributed by atoms with E-state index in [4.69, 9.17) is 4.74 Å². The number of carbonyl (C=O) groups is 2. The molecule has 3 saturated carbocycles. The summed E-state index contributed by atoms with van der Waals surface area (Å²) in [5.74, 6) is 2.64. The van der Waals surface area contributed by atoms with Gasteiger partial charge in [-0.15, -0.1) is 0 Å². The number of aliphatic hydroxyl groups is 1. The number of Topliss-reactive ketones (excluding diaryl/α,β-unsaturated/α-hetero) is 2. The van der Waals surface area contributed by atoms with Gasteiger partial charge < -0.3 is 20.3 Å². The Hall–Kier alpha value is -1.92. The lowest BCUT2D eigenvalue weighted by molar-refractivity contribution is -0.129. The molecule has 5 rings (SSSR count). The van der Waals surface area contributed by atoms with Crippen LogP contribution in [0.5, 0.6) is 11.5 Å². The Morgan fingerprint density at radius 1 is 1.16 bits per heavy atom. The quantitative estimate of drug-likeness (QED) is 0.456. The second-order valence-corrected chi connectivity index (χ2v) is 12.6. The molecule has 6 atom stereocenters. The van der Waals surface area contributed by atoms with Crippen molar-refractivity contribution in [1.82, 2.24) is 5.32 Å². The summed E-state index contributed by atoms with van der Waals surface area (Å²) in [7, 11) is 1.52. The van der Waals surface area contributed by atoms with E-state index in [2.05, 4.69) is 5.32 Å². The van der Waals surface area contributed by atoms with Crippen molar-refractivity contribution in [2.24, 2.45) is 29.1 Å². The van der Waals surface area contributed by atoms with Gasteiger partial charge in [-0.3, -0.25) is 9.59 Å². The minimum absolute atomic E-state index is 0.101. The van der Waals surface area contributed by atoms with Gasteiger partial charge >= 0.3 is 0 Å². The van der Waals surface area contributed by atoms with Crippen LogP contribution >= 0.6 is 0 Å². The van der Waals surface area contributed by atoms with E-state index in [0.29, 0.717) is 53.6 Å². The fourth-order valence-electron chi connectivity index (χ4n) is 8.35. The zero-order valence-corrected chi connectivity index (χ0v) is 22.4. The summed E-state index contributed by atoms with van der Waals surface area (Å²) in [5.41, 5.74) is 1.32. The van der Waals surface area contributed by atoms with Crippen molar-refractivity contribution < 1.29 is 24.5 Å². The molecule has 0 aromatic heterocycles. The van der Waals surface area contributed by atoms with Gasteiger partial charge in [-0.2, -0.15) is 0 Å². The number of rotatable bonds is 8.